The molecule has 0 amide bonds. The molecule has 0 bridgehead atoms. The lowest BCUT2D eigenvalue weighted by molar-refractivity contribution is 0.308. The van der Waals surface area contributed by atoms with E-state index >= 15 is 0 Å². The highest BCUT2D eigenvalue weighted by Gasteiger charge is 2.38. The minimum atomic E-state index is 0.328. The maximum Gasteiger partial charge on any atom is 0.142 e. The summed E-state index contributed by atoms with van der Waals surface area (Å²) < 4.78 is 6.14. The molecule has 2 aromatic carbocycles. The Balaban J connectivity index is 1.67. The van der Waals surface area contributed by atoms with Crippen LogP contribution in [-0.2, 0) is 0 Å². The van der Waals surface area contributed by atoms with Crippen molar-refractivity contribution in [1.82, 2.24) is 0 Å². The molecule has 2 aliphatic rings. The van der Waals surface area contributed by atoms with Gasteiger partial charge >= 0.3 is 0 Å². The third-order valence-corrected chi connectivity index (χ3v) is 6.08. The summed E-state index contributed by atoms with van der Waals surface area (Å²) in [6.07, 6.45) is 8.13. The zero-order chi connectivity index (χ0) is 18.8. The Morgan fingerprint density at radius 1 is 1.11 bits per heavy atom. The lowest BCUT2D eigenvalue weighted by atomic mass is 9.76. The monoisotopic (exact) mass is 361 g/mol. The number of rotatable bonds is 6. The van der Waals surface area contributed by atoms with Crippen molar-refractivity contribution >= 4 is 5.69 Å². The van der Waals surface area contributed by atoms with Crippen molar-refractivity contribution in [2.75, 3.05) is 11.9 Å². The van der Waals surface area contributed by atoms with Crippen molar-refractivity contribution in [3.8, 4) is 5.75 Å². The molecule has 1 heterocycles. The number of unbranched alkanes of at least 4 members (excludes halogenated alkanes) is 1. The average Bonchev–Trinajstić information content (AvgIpc) is 3.18. The molecule has 2 nitrogen and oxygen atoms in total. The van der Waals surface area contributed by atoms with E-state index in [4.69, 9.17) is 4.74 Å². The Labute approximate surface area is 163 Å². The summed E-state index contributed by atoms with van der Waals surface area (Å²) in [5.41, 5.74) is 5.36. The van der Waals surface area contributed by atoms with Crippen molar-refractivity contribution in [2.45, 2.75) is 57.9 Å². The van der Waals surface area contributed by atoms with Crippen LogP contribution in [0, 0.1) is 5.92 Å². The SMILES string of the molecule is CCCCOc1cccc2c1NC(c1ccc(C(C)C)cc1)C1CC=CC21. The summed E-state index contributed by atoms with van der Waals surface area (Å²) in [5, 5.41) is 3.86. The first kappa shape index (κ1) is 18.2. The molecule has 2 heteroatoms. The van der Waals surface area contributed by atoms with Crippen LogP contribution in [-0.4, -0.2) is 6.61 Å². The van der Waals surface area contributed by atoms with Crippen LogP contribution in [0.3, 0.4) is 0 Å². The highest BCUT2D eigenvalue weighted by Crippen LogP contribution is 2.52. The molecular weight excluding hydrogens is 330 g/mol. The van der Waals surface area contributed by atoms with Gasteiger partial charge in [0.15, 0.2) is 0 Å². The maximum absolute atomic E-state index is 6.14. The molecule has 0 fully saturated rings. The molecule has 4 rings (SSSR count). The minimum Gasteiger partial charge on any atom is -0.491 e. The second-order valence-electron chi connectivity index (χ2n) is 8.22. The van der Waals surface area contributed by atoms with Crippen molar-refractivity contribution in [3.05, 3.63) is 71.3 Å². The minimum absolute atomic E-state index is 0.328. The largest absolute Gasteiger partial charge is 0.491 e. The molecular formula is C25H31NO. The highest BCUT2D eigenvalue weighted by atomic mass is 16.5. The molecule has 3 atom stereocenters. The van der Waals surface area contributed by atoms with E-state index in [0.29, 0.717) is 23.8 Å². The molecule has 0 saturated carbocycles. The highest BCUT2D eigenvalue weighted by molar-refractivity contribution is 5.67. The van der Waals surface area contributed by atoms with Crippen LogP contribution in [0.4, 0.5) is 5.69 Å². The number of para-hydroxylation sites is 1. The van der Waals surface area contributed by atoms with Crippen molar-refractivity contribution in [1.29, 1.82) is 0 Å². The van der Waals surface area contributed by atoms with E-state index in [-0.39, 0.29) is 0 Å². The van der Waals surface area contributed by atoms with Crippen molar-refractivity contribution in [3.63, 3.8) is 0 Å². The lowest BCUT2D eigenvalue weighted by Gasteiger charge is -2.38. The first-order valence-corrected chi connectivity index (χ1v) is 10.5. The van der Waals surface area contributed by atoms with E-state index in [1.807, 2.05) is 0 Å². The molecule has 0 aromatic heterocycles. The van der Waals surface area contributed by atoms with E-state index in [1.165, 1.54) is 22.4 Å². The fraction of sp³-hybridized carbons (Fsp3) is 0.440. The van der Waals surface area contributed by atoms with Gasteiger partial charge in [0, 0.05) is 5.92 Å². The summed E-state index contributed by atoms with van der Waals surface area (Å²) in [4.78, 5) is 0. The fourth-order valence-electron chi connectivity index (χ4n) is 4.46. The van der Waals surface area contributed by atoms with Crippen LogP contribution >= 0.6 is 0 Å². The second-order valence-corrected chi connectivity index (χ2v) is 8.22. The molecule has 3 unspecified atom stereocenters. The summed E-state index contributed by atoms with van der Waals surface area (Å²) >= 11 is 0. The predicted molar refractivity (Wildman–Crippen MR) is 114 cm³/mol. The van der Waals surface area contributed by atoms with Crippen LogP contribution in [0.2, 0.25) is 0 Å². The number of allylic oxidation sites excluding steroid dienone is 2. The zero-order valence-electron chi connectivity index (χ0n) is 16.7. The van der Waals surface area contributed by atoms with Gasteiger partial charge in [0.05, 0.1) is 18.3 Å². The van der Waals surface area contributed by atoms with Crippen LogP contribution < -0.4 is 10.1 Å². The molecule has 1 aliphatic carbocycles. The van der Waals surface area contributed by atoms with Gasteiger partial charge in [-0.05, 0) is 47.4 Å². The van der Waals surface area contributed by atoms with Gasteiger partial charge in [0.25, 0.3) is 0 Å². The molecule has 0 spiro atoms. The average molecular weight is 362 g/mol. The summed E-state index contributed by atoms with van der Waals surface area (Å²) in [6.45, 7) is 7.49. The van der Waals surface area contributed by atoms with Crippen LogP contribution in [0.25, 0.3) is 0 Å². The van der Waals surface area contributed by atoms with Gasteiger partial charge in [-0.25, -0.2) is 0 Å². The van der Waals surface area contributed by atoms with Crippen molar-refractivity contribution in [2.24, 2.45) is 5.92 Å². The van der Waals surface area contributed by atoms with Crippen LogP contribution in [0.5, 0.6) is 5.75 Å². The van der Waals surface area contributed by atoms with Gasteiger partial charge < -0.3 is 10.1 Å². The first-order chi connectivity index (χ1) is 13.2. The standard InChI is InChI=1S/C25H31NO/c1-4-5-16-27-23-11-7-10-22-20-8-6-9-21(20)24(26-25(22)23)19-14-12-18(13-15-19)17(2)3/h6-8,10-15,17,20-21,24,26H,4-5,9,16H2,1-3H3. The van der Waals surface area contributed by atoms with Gasteiger partial charge in [-0.2, -0.15) is 0 Å². The normalized spacial score (nSPS) is 23.0. The van der Waals surface area contributed by atoms with Gasteiger partial charge in [-0.1, -0.05) is 75.7 Å². The van der Waals surface area contributed by atoms with E-state index in [9.17, 15) is 0 Å². The molecule has 2 aromatic rings. The van der Waals surface area contributed by atoms with Crippen LogP contribution in [0.15, 0.2) is 54.6 Å². The molecule has 1 aliphatic heterocycles. The second kappa shape index (κ2) is 7.80. The summed E-state index contributed by atoms with van der Waals surface area (Å²) in [5.74, 6) is 2.63. The van der Waals surface area contributed by atoms with E-state index in [2.05, 4.69) is 80.7 Å². The molecule has 0 radical (unpaired) electrons. The number of anilines is 1. The Morgan fingerprint density at radius 2 is 1.93 bits per heavy atom. The van der Waals surface area contributed by atoms with E-state index in [0.717, 1.165) is 31.6 Å². The number of benzene rings is 2. The predicted octanol–water partition coefficient (Wildman–Crippen LogP) is 6.82. The number of hydrogen-bond acceptors (Lipinski definition) is 2. The number of nitrogens with one attached hydrogen (secondary N) is 1. The summed E-state index contributed by atoms with van der Waals surface area (Å²) in [6, 6.07) is 16.1. The van der Waals surface area contributed by atoms with Gasteiger partial charge in [-0.3, -0.25) is 0 Å². The number of hydrogen-bond donors (Lipinski definition) is 1. The van der Waals surface area contributed by atoms with Gasteiger partial charge in [0.1, 0.15) is 5.75 Å². The Hall–Kier alpha value is -2.22. The fourth-order valence-corrected chi connectivity index (χ4v) is 4.46. The number of fused-ring (bicyclic) bond motifs is 3. The van der Waals surface area contributed by atoms with Crippen molar-refractivity contribution < 1.29 is 4.74 Å². The third-order valence-electron chi connectivity index (χ3n) is 6.08. The Bertz CT molecular complexity index is 806. The lowest BCUT2D eigenvalue weighted by Crippen LogP contribution is -2.29. The van der Waals surface area contributed by atoms with E-state index in [1.54, 1.807) is 0 Å². The third kappa shape index (κ3) is 3.50. The maximum atomic E-state index is 6.14. The van der Waals surface area contributed by atoms with Gasteiger partial charge in [0.2, 0.25) is 0 Å². The van der Waals surface area contributed by atoms with E-state index < -0.39 is 0 Å². The Kier molecular flexibility index (Phi) is 5.24. The number of ether oxygens (including phenoxy) is 1. The topological polar surface area (TPSA) is 21.3 Å². The van der Waals surface area contributed by atoms with Gasteiger partial charge in [-0.15, -0.1) is 0 Å². The van der Waals surface area contributed by atoms with Crippen LogP contribution in [0.1, 0.15) is 74.6 Å². The summed E-state index contributed by atoms with van der Waals surface area (Å²) in [7, 11) is 0. The first-order valence-electron chi connectivity index (χ1n) is 10.5. The Morgan fingerprint density at radius 3 is 2.67 bits per heavy atom. The molecule has 27 heavy (non-hydrogen) atoms. The smallest absolute Gasteiger partial charge is 0.142 e. The molecule has 142 valence electrons. The molecule has 1 N–H and O–H groups in total. The zero-order valence-corrected chi connectivity index (χ0v) is 16.7. The molecule has 0 saturated heterocycles. The quantitative estimate of drug-likeness (QED) is 0.450.